The van der Waals surface area contributed by atoms with Crippen molar-refractivity contribution < 1.29 is 0 Å². The molecule has 17 heavy (non-hydrogen) atoms. The third-order valence-electron chi connectivity index (χ3n) is 2.62. The molecule has 3 aromatic rings. The highest BCUT2D eigenvalue weighted by Gasteiger charge is 2.02. The van der Waals surface area contributed by atoms with Gasteiger partial charge in [0.25, 0.3) is 0 Å². The second kappa shape index (κ2) is 3.72. The topological polar surface area (TPSA) is 65.4 Å². The number of nitrogens with zero attached hydrogens (tertiary/aromatic N) is 3. The van der Waals surface area contributed by atoms with Crippen molar-refractivity contribution in [3.8, 4) is 17.2 Å². The van der Waals surface area contributed by atoms with Crippen LogP contribution in [0.2, 0.25) is 0 Å². The molecule has 0 saturated carbocycles. The van der Waals surface area contributed by atoms with Gasteiger partial charge in [0.2, 0.25) is 0 Å². The normalized spacial score (nSPS) is 10.3. The van der Waals surface area contributed by atoms with Gasteiger partial charge < -0.3 is 4.98 Å². The first-order valence-electron chi connectivity index (χ1n) is 5.16. The van der Waals surface area contributed by atoms with Crippen molar-refractivity contribution >= 4 is 11.2 Å². The van der Waals surface area contributed by atoms with Crippen molar-refractivity contribution in [2.45, 2.75) is 0 Å². The van der Waals surface area contributed by atoms with E-state index in [1.807, 2.05) is 18.2 Å². The van der Waals surface area contributed by atoms with E-state index < -0.39 is 0 Å². The Hall–Kier alpha value is -2.67. The molecule has 0 saturated heterocycles. The SMILES string of the molecule is N#Cc1ccc(-c2cnc3nc[nH]c3c2)cc1. The van der Waals surface area contributed by atoms with E-state index in [1.54, 1.807) is 24.7 Å². The molecule has 2 aromatic heterocycles. The average Bonchev–Trinajstić information content (AvgIpc) is 2.86. The molecule has 2 heterocycles. The molecular formula is C13H8N4. The summed E-state index contributed by atoms with van der Waals surface area (Å²) in [5, 5.41) is 8.74. The first-order valence-corrected chi connectivity index (χ1v) is 5.16. The van der Waals surface area contributed by atoms with Crippen molar-refractivity contribution in [3.63, 3.8) is 0 Å². The minimum Gasteiger partial charge on any atom is -0.343 e. The number of aromatic amines is 1. The van der Waals surface area contributed by atoms with Crippen LogP contribution in [-0.4, -0.2) is 15.0 Å². The van der Waals surface area contributed by atoms with E-state index in [1.165, 1.54) is 0 Å². The van der Waals surface area contributed by atoms with Crippen molar-refractivity contribution in [1.82, 2.24) is 15.0 Å². The zero-order valence-electron chi connectivity index (χ0n) is 8.88. The maximum atomic E-state index is 8.74. The van der Waals surface area contributed by atoms with Crippen molar-refractivity contribution in [2.75, 3.05) is 0 Å². The summed E-state index contributed by atoms with van der Waals surface area (Å²) < 4.78 is 0. The Morgan fingerprint density at radius 2 is 1.88 bits per heavy atom. The molecule has 0 spiro atoms. The van der Waals surface area contributed by atoms with Crippen LogP contribution in [0.3, 0.4) is 0 Å². The molecule has 0 amide bonds. The molecule has 4 nitrogen and oxygen atoms in total. The zero-order valence-corrected chi connectivity index (χ0v) is 8.88. The molecule has 1 N–H and O–H groups in total. The quantitative estimate of drug-likeness (QED) is 0.685. The summed E-state index contributed by atoms with van der Waals surface area (Å²) in [7, 11) is 0. The molecule has 0 unspecified atom stereocenters. The van der Waals surface area contributed by atoms with Crippen LogP contribution < -0.4 is 0 Å². The van der Waals surface area contributed by atoms with Crippen LogP contribution in [0.5, 0.6) is 0 Å². The lowest BCUT2D eigenvalue weighted by Gasteiger charge is -2.00. The number of nitrogens with one attached hydrogen (secondary N) is 1. The summed E-state index contributed by atoms with van der Waals surface area (Å²) in [5.41, 5.74) is 4.32. The van der Waals surface area contributed by atoms with Gasteiger partial charge in [0.1, 0.15) is 0 Å². The van der Waals surface area contributed by atoms with Gasteiger partial charge in [0.05, 0.1) is 23.5 Å². The van der Waals surface area contributed by atoms with Gasteiger partial charge in [-0.15, -0.1) is 0 Å². The minimum atomic E-state index is 0.657. The number of H-pyrrole nitrogens is 1. The third kappa shape index (κ3) is 1.64. The Morgan fingerprint density at radius 1 is 1.06 bits per heavy atom. The van der Waals surface area contributed by atoms with E-state index in [0.717, 1.165) is 16.6 Å². The lowest BCUT2D eigenvalue weighted by Crippen LogP contribution is -1.82. The number of aromatic nitrogens is 3. The van der Waals surface area contributed by atoms with Crippen LogP contribution in [0.1, 0.15) is 5.56 Å². The van der Waals surface area contributed by atoms with Crippen LogP contribution in [-0.2, 0) is 0 Å². The molecule has 0 atom stereocenters. The fourth-order valence-corrected chi connectivity index (χ4v) is 1.72. The third-order valence-corrected chi connectivity index (χ3v) is 2.62. The highest BCUT2D eigenvalue weighted by atomic mass is 14.9. The molecule has 0 aliphatic heterocycles. The first-order chi connectivity index (χ1) is 8.36. The van der Waals surface area contributed by atoms with Gasteiger partial charge in [0, 0.05) is 11.8 Å². The van der Waals surface area contributed by atoms with E-state index in [4.69, 9.17) is 5.26 Å². The second-order valence-corrected chi connectivity index (χ2v) is 3.69. The summed E-state index contributed by atoms with van der Waals surface area (Å²) in [6.07, 6.45) is 3.41. The number of benzene rings is 1. The van der Waals surface area contributed by atoms with E-state index in [-0.39, 0.29) is 0 Å². The van der Waals surface area contributed by atoms with Gasteiger partial charge in [-0.05, 0) is 23.8 Å². The molecular weight excluding hydrogens is 212 g/mol. The van der Waals surface area contributed by atoms with Crippen molar-refractivity contribution in [2.24, 2.45) is 0 Å². The number of fused-ring (bicyclic) bond motifs is 1. The van der Waals surface area contributed by atoms with Crippen LogP contribution in [0.15, 0.2) is 42.9 Å². The molecule has 0 fully saturated rings. The van der Waals surface area contributed by atoms with Gasteiger partial charge in [-0.25, -0.2) is 9.97 Å². The Bertz CT molecular complexity index is 704. The minimum absolute atomic E-state index is 0.657. The summed E-state index contributed by atoms with van der Waals surface area (Å²) >= 11 is 0. The lowest BCUT2D eigenvalue weighted by atomic mass is 10.1. The van der Waals surface area contributed by atoms with Crippen LogP contribution in [0, 0.1) is 11.3 Å². The lowest BCUT2D eigenvalue weighted by molar-refractivity contribution is 1.30. The summed E-state index contributed by atoms with van der Waals surface area (Å²) in [4.78, 5) is 11.4. The highest BCUT2D eigenvalue weighted by molar-refractivity contribution is 5.77. The second-order valence-electron chi connectivity index (χ2n) is 3.69. The maximum Gasteiger partial charge on any atom is 0.177 e. The van der Waals surface area contributed by atoms with Crippen molar-refractivity contribution in [3.05, 3.63) is 48.4 Å². The Kier molecular flexibility index (Phi) is 2.09. The molecule has 0 bridgehead atoms. The smallest absolute Gasteiger partial charge is 0.177 e. The summed E-state index contributed by atoms with van der Waals surface area (Å²) in [6, 6.07) is 11.5. The summed E-state index contributed by atoms with van der Waals surface area (Å²) in [5.74, 6) is 0. The number of hydrogen-bond acceptors (Lipinski definition) is 3. The van der Waals surface area contributed by atoms with Crippen LogP contribution in [0.25, 0.3) is 22.3 Å². The molecule has 0 aliphatic rings. The Labute approximate surface area is 97.6 Å². The van der Waals surface area contributed by atoms with Crippen LogP contribution >= 0.6 is 0 Å². The highest BCUT2D eigenvalue weighted by Crippen LogP contribution is 2.21. The maximum absolute atomic E-state index is 8.74. The van der Waals surface area contributed by atoms with Gasteiger partial charge in [-0.3, -0.25) is 0 Å². The van der Waals surface area contributed by atoms with Gasteiger partial charge in [-0.1, -0.05) is 12.1 Å². The molecule has 0 aliphatic carbocycles. The number of rotatable bonds is 1. The van der Waals surface area contributed by atoms with E-state index in [9.17, 15) is 0 Å². The fraction of sp³-hybridized carbons (Fsp3) is 0. The molecule has 4 heteroatoms. The first kappa shape index (κ1) is 9.55. The molecule has 3 rings (SSSR count). The Morgan fingerprint density at radius 3 is 2.65 bits per heavy atom. The molecule has 1 aromatic carbocycles. The van der Waals surface area contributed by atoms with Gasteiger partial charge >= 0.3 is 0 Å². The standard InChI is InChI=1S/C13H8N4/c14-6-9-1-3-10(4-2-9)11-5-12-13(15-7-11)17-8-16-12/h1-5,7-8H,(H,15,16,17). The number of hydrogen-bond donors (Lipinski definition) is 1. The van der Waals surface area contributed by atoms with E-state index in [2.05, 4.69) is 21.0 Å². The average molecular weight is 220 g/mol. The van der Waals surface area contributed by atoms with Crippen molar-refractivity contribution in [1.29, 1.82) is 5.26 Å². The Balaban J connectivity index is 2.10. The summed E-state index contributed by atoms with van der Waals surface area (Å²) in [6.45, 7) is 0. The monoisotopic (exact) mass is 220 g/mol. The van der Waals surface area contributed by atoms with E-state index >= 15 is 0 Å². The predicted octanol–water partition coefficient (Wildman–Crippen LogP) is 2.50. The zero-order chi connectivity index (χ0) is 11.7. The van der Waals surface area contributed by atoms with Gasteiger partial charge in [0.15, 0.2) is 5.65 Å². The van der Waals surface area contributed by atoms with Crippen LogP contribution in [0.4, 0.5) is 0 Å². The number of nitriles is 1. The largest absolute Gasteiger partial charge is 0.343 e. The predicted molar refractivity (Wildman–Crippen MR) is 64.0 cm³/mol. The number of pyridine rings is 1. The van der Waals surface area contributed by atoms with Gasteiger partial charge in [-0.2, -0.15) is 5.26 Å². The molecule has 0 radical (unpaired) electrons. The fourth-order valence-electron chi connectivity index (χ4n) is 1.72. The number of imidazole rings is 1. The van der Waals surface area contributed by atoms with E-state index in [0.29, 0.717) is 11.2 Å². The molecule has 80 valence electrons.